The molecule has 280 valence electrons. The normalized spacial score (nSPS) is 23.8. The van der Waals surface area contributed by atoms with Crippen LogP contribution in [0.2, 0.25) is 0 Å². The number of ketones is 1. The van der Waals surface area contributed by atoms with Gasteiger partial charge in [0.05, 0.1) is 30.2 Å². The Kier molecular flexibility index (Phi) is 11.9. The number of aliphatic carboxylic acids is 1. The van der Waals surface area contributed by atoms with Gasteiger partial charge in [0.2, 0.25) is 0 Å². The van der Waals surface area contributed by atoms with Crippen LogP contribution in [0, 0.1) is 22.7 Å². The molecule has 2 aliphatic rings. The minimum absolute atomic E-state index is 0.0403. The molecule has 2 aromatic carbocycles. The van der Waals surface area contributed by atoms with Crippen LogP contribution >= 0.6 is 14.3 Å². The van der Waals surface area contributed by atoms with Gasteiger partial charge in [0.1, 0.15) is 34.2 Å². The zero-order valence-electron chi connectivity index (χ0n) is 32.2. The van der Waals surface area contributed by atoms with Gasteiger partial charge in [-0.2, -0.15) is 0 Å². The Labute approximate surface area is 298 Å². The van der Waals surface area contributed by atoms with E-state index in [4.69, 9.17) is 18.9 Å². The third-order valence-corrected chi connectivity index (χ3v) is 19.3. The highest BCUT2D eigenvalue weighted by Gasteiger charge is 2.62. The number of aliphatic hydroxyl groups is 1. The highest BCUT2D eigenvalue weighted by Crippen LogP contribution is 2.71. The summed E-state index contributed by atoms with van der Waals surface area (Å²) in [5, 5.41) is 19.1. The van der Waals surface area contributed by atoms with E-state index in [1.807, 2.05) is 75.3 Å². The standard InChI is InChI=1S/C22H35O5P.C16H23O5P/c1-14(2)15(13-23)12-18(24)22(6,7)20-27-17-11-9-10-16(26-8)19(17)28(20,25)21(3,4)5;1-15(2,3)22(19)12-10(20-6)8-7-9-11(12)21-14(22)16(4,5)13(17)18/h9-11,14-15,20,23H,12-13H2,1-8H3;7-9,14H,1-6H3,(H,17,18)/t15-,20-,28+;14-,22+/m00/s1. The Balaban J connectivity index is 0.000000278. The SMILES string of the molecule is COc1cccc2c1[P@](=O)(C(C)(C)C)[C@@H](C(C)(C)C(=O)C[C@@H](CO)C(C)C)O2.COc1cccc2c1[P@](=O)(C(C)(C)C)[C@@H](C(C)(C)C(=O)O)O2. The van der Waals surface area contributed by atoms with E-state index in [0.29, 0.717) is 33.6 Å². The summed E-state index contributed by atoms with van der Waals surface area (Å²) in [5.74, 6) is -0.705. The lowest BCUT2D eigenvalue weighted by Gasteiger charge is -2.39. The number of fused-ring (bicyclic) bond motifs is 2. The van der Waals surface area contributed by atoms with Crippen molar-refractivity contribution in [3.8, 4) is 23.0 Å². The smallest absolute Gasteiger partial charge is 0.313 e. The average Bonchev–Trinajstić information content (AvgIpc) is 3.53. The predicted octanol–water partition coefficient (Wildman–Crippen LogP) is 7.76. The summed E-state index contributed by atoms with van der Waals surface area (Å²) < 4.78 is 51.7. The van der Waals surface area contributed by atoms with Gasteiger partial charge in [-0.1, -0.05) is 67.5 Å². The molecule has 5 atom stereocenters. The highest BCUT2D eigenvalue weighted by molar-refractivity contribution is 7.74. The van der Waals surface area contributed by atoms with E-state index in [-0.39, 0.29) is 30.6 Å². The number of carbonyl (C=O) groups excluding carboxylic acids is 1. The fraction of sp³-hybridized carbons (Fsp3) is 0.632. The van der Waals surface area contributed by atoms with Gasteiger partial charge in [0.25, 0.3) is 0 Å². The number of ether oxygens (including phenoxy) is 4. The van der Waals surface area contributed by atoms with Gasteiger partial charge in [-0.05, 0) is 63.8 Å². The van der Waals surface area contributed by atoms with E-state index in [1.54, 1.807) is 51.3 Å². The molecule has 0 aromatic heterocycles. The number of aliphatic hydroxyl groups excluding tert-OH is 1. The lowest BCUT2D eigenvalue weighted by atomic mass is 9.81. The number of Topliss-reactive ketones (excluding diaryl/α,β-unsaturated/α-hetero) is 1. The van der Waals surface area contributed by atoms with Crippen molar-refractivity contribution in [1.82, 2.24) is 0 Å². The third kappa shape index (κ3) is 6.89. The van der Waals surface area contributed by atoms with Crippen LogP contribution in [-0.2, 0) is 18.7 Å². The van der Waals surface area contributed by atoms with Gasteiger partial charge in [0.15, 0.2) is 26.0 Å². The maximum Gasteiger partial charge on any atom is 0.313 e. The number of methoxy groups -OCH3 is 2. The Morgan fingerprint density at radius 1 is 0.740 bits per heavy atom. The van der Waals surface area contributed by atoms with Crippen LogP contribution in [0.5, 0.6) is 23.0 Å². The molecule has 0 fully saturated rings. The molecule has 2 aliphatic heterocycles. The van der Waals surface area contributed by atoms with Crippen molar-refractivity contribution in [1.29, 1.82) is 0 Å². The number of hydrogen-bond acceptors (Lipinski definition) is 9. The average molecular weight is 737 g/mol. The molecule has 4 rings (SSSR count). The molecule has 0 radical (unpaired) electrons. The third-order valence-electron chi connectivity index (χ3n) is 10.3. The van der Waals surface area contributed by atoms with E-state index in [9.17, 15) is 28.9 Å². The first-order valence-electron chi connectivity index (χ1n) is 17.1. The summed E-state index contributed by atoms with van der Waals surface area (Å²) in [6.45, 7) is 22.0. The largest absolute Gasteiger partial charge is 0.496 e. The zero-order valence-corrected chi connectivity index (χ0v) is 34.0. The van der Waals surface area contributed by atoms with Gasteiger partial charge in [-0.25, -0.2) is 0 Å². The predicted molar refractivity (Wildman–Crippen MR) is 199 cm³/mol. The van der Waals surface area contributed by atoms with Crippen LogP contribution < -0.4 is 29.6 Å². The quantitative estimate of drug-likeness (QED) is 0.232. The number of rotatable bonds is 10. The van der Waals surface area contributed by atoms with Gasteiger partial charge in [-0.15, -0.1) is 0 Å². The monoisotopic (exact) mass is 736 g/mol. The van der Waals surface area contributed by atoms with E-state index < -0.39 is 53.1 Å². The number of carboxylic acid groups (broad SMARTS) is 1. The lowest BCUT2D eigenvalue weighted by molar-refractivity contribution is -0.149. The van der Waals surface area contributed by atoms with Gasteiger partial charge >= 0.3 is 5.97 Å². The Morgan fingerprint density at radius 3 is 1.42 bits per heavy atom. The molecule has 12 heteroatoms. The van der Waals surface area contributed by atoms with E-state index >= 15 is 0 Å². The number of carbonyl (C=O) groups is 2. The first-order chi connectivity index (χ1) is 22.8. The Bertz CT molecular complexity index is 1680. The van der Waals surface area contributed by atoms with Crippen LogP contribution in [0.15, 0.2) is 36.4 Å². The van der Waals surface area contributed by atoms with Crippen LogP contribution in [0.3, 0.4) is 0 Å². The van der Waals surface area contributed by atoms with Crippen molar-refractivity contribution in [2.75, 3.05) is 20.8 Å². The topological polar surface area (TPSA) is 146 Å². The number of carboxylic acids is 1. The van der Waals surface area contributed by atoms with Gasteiger partial charge in [0, 0.05) is 23.3 Å². The summed E-state index contributed by atoms with van der Waals surface area (Å²) in [6, 6.07) is 10.6. The fourth-order valence-electron chi connectivity index (χ4n) is 6.64. The van der Waals surface area contributed by atoms with Crippen molar-refractivity contribution < 1.29 is 47.9 Å². The van der Waals surface area contributed by atoms with Crippen molar-refractivity contribution in [3.63, 3.8) is 0 Å². The molecule has 2 heterocycles. The molecule has 0 saturated heterocycles. The zero-order chi connectivity index (χ0) is 38.4. The minimum Gasteiger partial charge on any atom is -0.496 e. The second-order valence-electron chi connectivity index (χ2n) is 16.8. The molecular weight excluding hydrogens is 678 g/mol. The molecule has 0 unspecified atom stereocenters. The minimum atomic E-state index is -3.21. The molecule has 2 N–H and O–H groups in total. The molecule has 2 aromatic rings. The summed E-state index contributed by atoms with van der Waals surface area (Å²) in [6.07, 6.45) is 0.235. The van der Waals surface area contributed by atoms with Crippen molar-refractivity contribution in [3.05, 3.63) is 36.4 Å². The summed E-state index contributed by atoms with van der Waals surface area (Å²) >= 11 is 0. The summed E-state index contributed by atoms with van der Waals surface area (Å²) in [7, 11) is -3.33. The molecule has 0 amide bonds. The summed E-state index contributed by atoms with van der Waals surface area (Å²) in [4.78, 5) is 25.0. The molecular formula is C38H58O10P2. The lowest BCUT2D eigenvalue weighted by Crippen LogP contribution is -2.44. The molecule has 0 aliphatic carbocycles. The Morgan fingerprint density at radius 2 is 1.12 bits per heavy atom. The first kappa shape index (κ1) is 41.6. The van der Waals surface area contributed by atoms with Crippen molar-refractivity contribution in [2.24, 2.45) is 22.7 Å². The van der Waals surface area contributed by atoms with Crippen molar-refractivity contribution in [2.45, 2.75) is 112 Å². The maximum atomic E-state index is 14.6. The van der Waals surface area contributed by atoms with E-state index in [0.717, 1.165) is 0 Å². The first-order valence-corrected chi connectivity index (χ1v) is 20.6. The second-order valence-corrected chi connectivity index (χ2v) is 23.9. The van der Waals surface area contributed by atoms with E-state index in [2.05, 4.69) is 0 Å². The maximum absolute atomic E-state index is 14.6. The fourth-order valence-corrected chi connectivity index (χ4v) is 14.3. The summed E-state index contributed by atoms with van der Waals surface area (Å²) in [5.41, 5.74) is -2.26. The number of hydrogen-bond donors (Lipinski definition) is 2. The van der Waals surface area contributed by atoms with Crippen LogP contribution in [0.4, 0.5) is 0 Å². The van der Waals surface area contributed by atoms with Crippen LogP contribution in [-0.4, -0.2) is 64.8 Å². The van der Waals surface area contributed by atoms with Crippen LogP contribution in [0.25, 0.3) is 0 Å². The Hall–Kier alpha value is -2.80. The van der Waals surface area contributed by atoms with Gasteiger partial charge in [-0.3, -0.25) is 9.59 Å². The van der Waals surface area contributed by atoms with E-state index in [1.165, 1.54) is 7.11 Å². The highest BCUT2D eigenvalue weighted by atomic mass is 31.2. The van der Waals surface area contributed by atoms with Crippen molar-refractivity contribution >= 4 is 36.6 Å². The van der Waals surface area contributed by atoms with Crippen LogP contribution in [0.1, 0.15) is 89.5 Å². The molecule has 50 heavy (non-hydrogen) atoms. The van der Waals surface area contributed by atoms with Gasteiger partial charge < -0.3 is 38.3 Å². The second kappa shape index (κ2) is 14.3. The molecule has 0 saturated carbocycles. The number of benzene rings is 2. The molecule has 0 spiro atoms. The molecule has 10 nitrogen and oxygen atoms in total. The molecule has 0 bridgehead atoms.